The average molecular weight is 475 g/mol. The Bertz CT molecular complexity index is 1150. The third kappa shape index (κ3) is 6.15. The van der Waals surface area contributed by atoms with Gasteiger partial charge in [-0.05, 0) is 79.2 Å². The first-order chi connectivity index (χ1) is 15.3. The normalized spacial score (nSPS) is 12.0. The van der Waals surface area contributed by atoms with Crippen molar-refractivity contribution in [2.45, 2.75) is 24.3 Å². The number of rotatable bonds is 9. The van der Waals surface area contributed by atoms with Crippen molar-refractivity contribution < 1.29 is 22.7 Å². The minimum absolute atomic E-state index is 0.0620. The van der Waals surface area contributed by atoms with Gasteiger partial charge in [0.2, 0.25) is 0 Å². The molecule has 0 aliphatic heterocycles. The number of sulfonamides is 1. The molecule has 0 unspecified atom stereocenters. The summed E-state index contributed by atoms with van der Waals surface area (Å²) in [7, 11) is -2.21. The van der Waals surface area contributed by atoms with Crippen LogP contribution in [0.25, 0.3) is 0 Å². The third-order valence-corrected chi connectivity index (χ3v) is 6.18. The summed E-state index contributed by atoms with van der Waals surface area (Å²) in [5.41, 5.74) is 0.852. The summed E-state index contributed by atoms with van der Waals surface area (Å²) < 4.78 is 38.5. The Morgan fingerprint density at radius 3 is 2.03 bits per heavy atom. The van der Waals surface area contributed by atoms with Crippen LogP contribution in [-0.4, -0.2) is 27.5 Å². The van der Waals surface area contributed by atoms with Gasteiger partial charge in [0, 0.05) is 16.4 Å². The van der Waals surface area contributed by atoms with E-state index in [0.717, 1.165) is 0 Å². The van der Waals surface area contributed by atoms with Gasteiger partial charge >= 0.3 is 0 Å². The fraction of sp³-hybridized carbons (Fsp3) is 0.174. The molecule has 32 heavy (non-hydrogen) atoms. The third-order valence-electron chi connectivity index (χ3n) is 4.53. The maximum atomic E-state index is 12.6. The Morgan fingerprint density at radius 2 is 1.47 bits per heavy atom. The summed E-state index contributed by atoms with van der Waals surface area (Å²) in [5.74, 6) is 0.899. The molecule has 0 saturated heterocycles. The highest BCUT2D eigenvalue weighted by Gasteiger charge is 2.19. The van der Waals surface area contributed by atoms with Crippen molar-refractivity contribution >= 4 is 38.9 Å². The van der Waals surface area contributed by atoms with Crippen LogP contribution in [0.4, 0.5) is 11.4 Å². The van der Waals surface area contributed by atoms with E-state index in [1.54, 1.807) is 55.6 Å². The van der Waals surface area contributed by atoms with Crippen LogP contribution in [0.1, 0.15) is 13.3 Å². The van der Waals surface area contributed by atoms with Crippen molar-refractivity contribution in [2.24, 2.45) is 0 Å². The summed E-state index contributed by atoms with van der Waals surface area (Å²) in [4.78, 5) is 12.7. The molecule has 0 bridgehead atoms. The van der Waals surface area contributed by atoms with Gasteiger partial charge in [-0.25, -0.2) is 8.42 Å². The fourth-order valence-corrected chi connectivity index (χ4v) is 4.00. The zero-order valence-electron chi connectivity index (χ0n) is 17.5. The van der Waals surface area contributed by atoms with Crippen molar-refractivity contribution in [3.05, 3.63) is 77.8 Å². The number of halogens is 1. The maximum Gasteiger partial charge on any atom is 0.265 e. The van der Waals surface area contributed by atoms with Crippen LogP contribution in [0.5, 0.6) is 11.5 Å². The molecular formula is C23H23ClN2O5S. The lowest BCUT2D eigenvalue weighted by atomic mass is 10.2. The largest absolute Gasteiger partial charge is 0.497 e. The quantitative estimate of drug-likeness (QED) is 0.458. The molecule has 0 saturated carbocycles. The van der Waals surface area contributed by atoms with Crippen molar-refractivity contribution in [3.8, 4) is 11.5 Å². The van der Waals surface area contributed by atoms with E-state index in [-0.39, 0.29) is 10.8 Å². The van der Waals surface area contributed by atoms with E-state index in [1.165, 1.54) is 24.3 Å². The number of hydrogen-bond donors (Lipinski definition) is 2. The van der Waals surface area contributed by atoms with Crippen LogP contribution in [0.2, 0.25) is 5.02 Å². The Hall–Kier alpha value is -3.23. The first-order valence-electron chi connectivity index (χ1n) is 9.81. The van der Waals surface area contributed by atoms with Gasteiger partial charge in [-0.1, -0.05) is 18.5 Å². The lowest BCUT2D eigenvalue weighted by molar-refractivity contribution is -0.122. The second kappa shape index (κ2) is 10.4. The van der Waals surface area contributed by atoms with Crippen LogP contribution in [0.3, 0.4) is 0 Å². The minimum Gasteiger partial charge on any atom is -0.497 e. The highest BCUT2D eigenvalue weighted by molar-refractivity contribution is 7.92. The molecule has 3 aromatic rings. The standard InChI is InChI=1S/C23H23ClN2O5S/c1-3-22(31-20-12-10-19(30-2)11-13-20)23(27)25-17-8-14-21(15-9-17)32(28,29)26-18-6-4-16(24)5-7-18/h4-15,22,26H,3H2,1-2H3,(H,25,27)/t22-/m0/s1. The van der Waals surface area contributed by atoms with Crippen molar-refractivity contribution in [3.63, 3.8) is 0 Å². The van der Waals surface area contributed by atoms with E-state index >= 15 is 0 Å². The fourth-order valence-electron chi connectivity index (χ4n) is 2.81. The Balaban J connectivity index is 1.64. The molecule has 3 aromatic carbocycles. The molecule has 3 rings (SSSR count). The molecule has 1 atom stereocenters. The Kier molecular flexibility index (Phi) is 7.61. The number of methoxy groups -OCH3 is 1. The molecule has 0 fully saturated rings. The number of hydrogen-bond acceptors (Lipinski definition) is 5. The van der Waals surface area contributed by atoms with Gasteiger partial charge in [-0.3, -0.25) is 9.52 Å². The lowest BCUT2D eigenvalue weighted by Gasteiger charge is -2.17. The number of anilines is 2. The average Bonchev–Trinajstić information content (AvgIpc) is 2.79. The van der Waals surface area contributed by atoms with E-state index < -0.39 is 16.1 Å². The predicted octanol–water partition coefficient (Wildman–Crippen LogP) is 4.95. The Labute approximate surface area is 192 Å². The molecule has 0 heterocycles. The smallest absolute Gasteiger partial charge is 0.265 e. The molecule has 9 heteroatoms. The number of amides is 1. The lowest BCUT2D eigenvalue weighted by Crippen LogP contribution is -2.32. The number of carbonyl (C=O) groups excluding carboxylic acids is 1. The monoisotopic (exact) mass is 474 g/mol. The summed E-state index contributed by atoms with van der Waals surface area (Å²) in [5, 5.41) is 3.26. The van der Waals surface area contributed by atoms with Gasteiger partial charge in [0.15, 0.2) is 6.10 Å². The molecule has 168 valence electrons. The molecular weight excluding hydrogens is 452 g/mol. The van der Waals surface area contributed by atoms with Gasteiger partial charge in [0.05, 0.1) is 12.0 Å². The molecule has 7 nitrogen and oxygen atoms in total. The molecule has 0 spiro atoms. The van der Waals surface area contributed by atoms with E-state index in [0.29, 0.717) is 34.3 Å². The number of ether oxygens (including phenoxy) is 2. The minimum atomic E-state index is -3.78. The van der Waals surface area contributed by atoms with Crippen molar-refractivity contribution in [1.82, 2.24) is 0 Å². The first kappa shape index (κ1) is 23.4. The number of nitrogens with one attached hydrogen (secondary N) is 2. The van der Waals surface area contributed by atoms with E-state index in [9.17, 15) is 13.2 Å². The second-order valence-electron chi connectivity index (χ2n) is 6.82. The van der Waals surface area contributed by atoms with Gasteiger partial charge < -0.3 is 14.8 Å². The summed E-state index contributed by atoms with van der Waals surface area (Å²) >= 11 is 5.82. The summed E-state index contributed by atoms with van der Waals surface area (Å²) in [6, 6.07) is 19.1. The molecule has 0 radical (unpaired) electrons. The zero-order valence-corrected chi connectivity index (χ0v) is 19.1. The molecule has 0 aliphatic rings. The van der Waals surface area contributed by atoms with Gasteiger partial charge in [0.25, 0.3) is 15.9 Å². The first-order valence-corrected chi connectivity index (χ1v) is 11.7. The number of carbonyl (C=O) groups is 1. The predicted molar refractivity (Wildman–Crippen MR) is 125 cm³/mol. The van der Waals surface area contributed by atoms with Crippen LogP contribution >= 0.6 is 11.6 Å². The molecule has 2 N–H and O–H groups in total. The highest BCUT2D eigenvalue weighted by Crippen LogP contribution is 2.22. The van der Waals surface area contributed by atoms with Crippen molar-refractivity contribution in [1.29, 1.82) is 0 Å². The number of benzene rings is 3. The molecule has 1 amide bonds. The van der Waals surface area contributed by atoms with Crippen LogP contribution in [-0.2, 0) is 14.8 Å². The molecule has 0 aliphatic carbocycles. The molecule has 0 aromatic heterocycles. The van der Waals surface area contributed by atoms with Crippen LogP contribution < -0.4 is 19.5 Å². The Morgan fingerprint density at radius 1 is 0.906 bits per heavy atom. The maximum absolute atomic E-state index is 12.6. The summed E-state index contributed by atoms with van der Waals surface area (Å²) in [6.07, 6.45) is -0.256. The summed E-state index contributed by atoms with van der Waals surface area (Å²) in [6.45, 7) is 1.84. The van der Waals surface area contributed by atoms with E-state index in [2.05, 4.69) is 10.0 Å². The van der Waals surface area contributed by atoms with Crippen LogP contribution in [0, 0.1) is 0 Å². The SMILES string of the molecule is CC[C@H](Oc1ccc(OC)cc1)C(=O)Nc1ccc(S(=O)(=O)Nc2ccc(Cl)cc2)cc1. The van der Waals surface area contributed by atoms with Gasteiger partial charge in [-0.2, -0.15) is 0 Å². The topological polar surface area (TPSA) is 93.7 Å². The zero-order chi connectivity index (χ0) is 23.1. The van der Waals surface area contributed by atoms with E-state index in [4.69, 9.17) is 21.1 Å². The van der Waals surface area contributed by atoms with Gasteiger partial charge in [-0.15, -0.1) is 0 Å². The highest BCUT2D eigenvalue weighted by atomic mass is 35.5. The van der Waals surface area contributed by atoms with Crippen molar-refractivity contribution in [2.75, 3.05) is 17.1 Å². The van der Waals surface area contributed by atoms with E-state index in [1.807, 2.05) is 6.92 Å². The van der Waals surface area contributed by atoms with Crippen LogP contribution in [0.15, 0.2) is 77.7 Å². The second-order valence-corrected chi connectivity index (χ2v) is 8.94. The van der Waals surface area contributed by atoms with Gasteiger partial charge in [0.1, 0.15) is 11.5 Å².